The molecule has 4 rings (SSSR count). The molecule has 1 aliphatic heterocycles. The van der Waals surface area contributed by atoms with E-state index in [-0.39, 0.29) is 0 Å². The summed E-state index contributed by atoms with van der Waals surface area (Å²) in [4.78, 5) is 6.02. The number of hydrogen-bond acceptors (Lipinski definition) is 2. The van der Waals surface area contributed by atoms with E-state index in [0.717, 1.165) is 25.9 Å². The highest BCUT2D eigenvalue weighted by Crippen LogP contribution is 2.38. The van der Waals surface area contributed by atoms with Crippen LogP contribution in [0.4, 0.5) is 0 Å². The SMILES string of the molecule is Cc1cc(C)c2[nH]ccc2c1CN1CC[C@H](CC#N)C[C@@H]1c1ccccc1. The number of fused-ring (bicyclic) bond motifs is 1. The van der Waals surface area contributed by atoms with E-state index in [1.165, 1.54) is 33.2 Å². The number of rotatable bonds is 4. The molecule has 0 radical (unpaired) electrons. The van der Waals surface area contributed by atoms with E-state index < -0.39 is 0 Å². The lowest BCUT2D eigenvalue weighted by atomic mass is 9.85. The van der Waals surface area contributed by atoms with Gasteiger partial charge in [-0.25, -0.2) is 0 Å². The van der Waals surface area contributed by atoms with Crippen LogP contribution in [0, 0.1) is 31.1 Å². The van der Waals surface area contributed by atoms with Crippen molar-refractivity contribution in [2.24, 2.45) is 5.92 Å². The Hall–Kier alpha value is -2.57. The molecule has 0 unspecified atom stereocenters. The number of H-pyrrole nitrogens is 1. The summed E-state index contributed by atoms with van der Waals surface area (Å²) in [6, 6.07) is 18.1. The van der Waals surface area contributed by atoms with Gasteiger partial charge in [0.2, 0.25) is 0 Å². The van der Waals surface area contributed by atoms with Gasteiger partial charge in [-0.15, -0.1) is 0 Å². The smallest absolute Gasteiger partial charge is 0.0624 e. The number of aromatic nitrogens is 1. The third-order valence-corrected chi connectivity index (χ3v) is 6.12. The Kier molecular flexibility index (Phi) is 5.01. The molecule has 0 spiro atoms. The van der Waals surface area contributed by atoms with E-state index in [0.29, 0.717) is 18.4 Å². The van der Waals surface area contributed by atoms with Crippen LogP contribution in [0.3, 0.4) is 0 Å². The van der Waals surface area contributed by atoms with E-state index >= 15 is 0 Å². The fourth-order valence-electron chi connectivity index (χ4n) is 4.67. The van der Waals surface area contributed by atoms with E-state index in [2.05, 4.69) is 78.5 Å². The molecule has 1 aromatic heterocycles. The number of benzene rings is 2. The molecule has 0 bridgehead atoms. The van der Waals surface area contributed by atoms with E-state index in [1.807, 2.05) is 0 Å². The van der Waals surface area contributed by atoms with Gasteiger partial charge in [0.05, 0.1) is 6.07 Å². The van der Waals surface area contributed by atoms with Gasteiger partial charge in [0.15, 0.2) is 0 Å². The largest absolute Gasteiger partial charge is 0.361 e. The molecule has 1 fully saturated rings. The molecule has 3 aromatic rings. The fraction of sp³-hybridized carbons (Fsp3) is 0.375. The molecular weight excluding hydrogens is 330 g/mol. The van der Waals surface area contributed by atoms with Crippen molar-refractivity contribution >= 4 is 10.9 Å². The quantitative estimate of drug-likeness (QED) is 0.655. The minimum atomic E-state index is 0.382. The molecule has 1 aliphatic rings. The summed E-state index contributed by atoms with van der Waals surface area (Å²) in [5, 5.41) is 10.5. The number of nitriles is 1. The molecule has 2 aromatic carbocycles. The Labute approximate surface area is 161 Å². The average Bonchev–Trinajstić information content (AvgIpc) is 3.17. The van der Waals surface area contributed by atoms with Crippen molar-refractivity contribution in [2.45, 2.75) is 45.7 Å². The van der Waals surface area contributed by atoms with E-state index in [4.69, 9.17) is 5.26 Å². The number of nitrogens with one attached hydrogen (secondary N) is 1. The molecule has 3 heteroatoms. The van der Waals surface area contributed by atoms with Crippen LogP contribution < -0.4 is 0 Å². The van der Waals surface area contributed by atoms with Crippen molar-refractivity contribution in [3.8, 4) is 6.07 Å². The maximum absolute atomic E-state index is 9.17. The van der Waals surface area contributed by atoms with Crippen LogP contribution in [0.15, 0.2) is 48.7 Å². The van der Waals surface area contributed by atoms with Crippen molar-refractivity contribution in [1.29, 1.82) is 5.26 Å². The lowest BCUT2D eigenvalue weighted by molar-refractivity contribution is 0.106. The predicted octanol–water partition coefficient (Wildman–Crippen LogP) is 5.65. The molecule has 1 N–H and O–H groups in total. The van der Waals surface area contributed by atoms with Gasteiger partial charge in [0.25, 0.3) is 0 Å². The Bertz CT molecular complexity index is 964. The van der Waals surface area contributed by atoms with Gasteiger partial charge in [-0.3, -0.25) is 4.90 Å². The molecule has 138 valence electrons. The second-order valence-corrected chi connectivity index (χ2v) is 7.90. The second-order valence-electron chi connectivity index (χ2n) is 7.90. The maximum atomic E-state index is 9.17. The molecule has 0 saturated carbocycles. The van der Waals surface area contributed by atoms with Crippen LogP contribution in [0.5, 0.6) is 0 Å². The number of piperidine rings is 1. The zero-order valence-electron chi connectivity index (χ0n) is 16.2. The summed E-state index contributed by atoms with van der Waals surface area (Å²) >= 11 is 0. The molecule has 3 nitrogen and oxygen atoms in total. The first-order chi connectivity index (χ1) is 13.2. The summed E-state index contributed by atoms with van der Waals surface area (Å²) in [5.74, 6) is 0.503. The Morgan fingerprint density at radius 1 is 1.15 bits per heavy atom. The topological polar surface area (TPSA) is 42.8 Å². The molecule has 2 atom stereocenters. The average molecular weight is 358 g/mol. The minimum absolute atomic E-state index is 0.382. The molecule has 1 saturated heterocycles. The van der Waals surface area contributed by atoms with Crippen molar-refractivity contribution in [1.82, 2.24) is 9.88 Å². The van der Waals surface area contributed by atoms with Gasteiger partial charge in [0.1, 0.15) is 0 Å². The third kappa shape index (κ3) is 3.50. The van der Waals surface area contributed by atoms with Crippen LogP contribution in [0.2, 0.25) is 0 Å². The number of hydrogen-bond donors (Lipinski definition) is 1. The molecule has 27 heavy (non-hydrogen) atoms. The van der Waals surface area contributed by atoms with Gasteiger partial charge in [-0.05, 0) is 67.5 Å². The van der Waals surface area contributed by atoms with Gasteiger partial charge < -0.3 is 4.98 Å². The lowest BCUT2D eigenvalue weighted by Crippen LogP contribution is -2.36. The normalized spacial score (nSPS) is 20.6. The van der Waals surface area contributed by atoms with Gasteiger partial charge >= 0.3 is 0 Å². The minimum Gasteiger partial charge on any atom is -0.361 e. The van der Waals surface area contributed by atoms with Crippen LogP contribution in [0.25, 0.3) is 10.9 Å². The molecule has 0 aliphatic carbocycles. The second kappa shape index (κ2) is 7.58. The Balaban J connectivity index is 1.68. The number of aromatic amines is 1. The summed E-state index contributed by atoms with van der Waals surface area (Å²) in [6.07, 6.45) is 4.90. The van der Waals surface area contributed by atoms with Crippen LogP contribution in [-0.4, -0.2) is 16.4 Å². The van der Waals surface area contributed by atoms with Crippen molar-refractivity contribution < 1.29 is 0 Å². The third-order valence-electron chi connectivity index (χ3n) is 6.12. The predicted molar refractivity (Wildman–Crippen MR) is 110 cm³/mol. The number of likely N-dealkylation sites (tertiary alicyclic amines) is 1. The maximum Gasteiger partial charge on any atom is 0.0624 e. The Morgan fingerprint density at radius 2 is 1.96 bits per heavy atom. The zero-order valence-corrected chi connectivity index (χ0v) is 16.2. The van der Waals surface area contributed by atoms with Crippen LogP contribution in [0.1, 0.15) is 47.6 Å². The van der Waals surface area contributed by atoms with E-state index in [1.54, 1.807) is 0 Å². The van der Waals surface area contributed by atoms with Crippen molar-refractivity contribution in [2.75, 3.05) is 6.54 Å². The van der Waals surface area contributed by atoms with Crippen LogP contribution >= 0.6 is 0 Å². The van der Waals surface area contributed by atoms with Crippen LogP contribution in [-0.2, 0) is 6.54 Å². The lowest BCUT2D eigenvalue weighted by Gasteiger charge is -2.40. The van der Waals surface area contributed by atoms with Crippen molar-refractivity contribution in [3.05, 3.63) is 70.9 Å². The van der Waals surface area contributed by atoms with E-state index in [9.17, 15) is 0 Å². The highest BCUT2D eigenvalue weighted by atomic mass is 15.2. The number of aryl methyl sites for hydroxylation is 2. The summed E-state index contributed by atoms with van der Waals surface area (Å²) in [7, 11) is 0. The summed E-state index contributed by atoms with van der Waals surface area (Å²) < 4.78 is 0. The highest BCUT2D eigenvalue weighted by molar-refractivity contribution is 5.86. The fourth-order valence-corrected chi connectivity index (χ4v) is 4.67. The number of nitrogens with zero attached hydrogens (tertiary/aromatic N) is 2. The standard InChI is InChI=1S/C24H27N3/c1-17-14-18(2)24-21(9-12-26-24)22(17)16-27-13-10-19(8-11-25)15-23(27)20-6-4-3-5-7-20/h3-7,9,12,14,19,23,26H,8,10,13,15-16H2,1-2H3/t19-,23+/m0/s1. The van der Waals surface area contributed by atoms with Gasteiger partial charge in [-0.2, -0.15) is 5.26 Å². The Morgan fingerprint density at radius 3 is 2.74 bits per heavy atom. The monoisotopic (exact) mass is 357 g/mol. The van der Waals surface area contributed by atoms with Crippen molar-refractivity contribution in [3.63, 3.8) is 0 Å². The van der Waals surface area contributed by atoms with Gasteiger partial charge in [0, 0.05) is 36.1 Å². The first-order valence-electron chi connectivity index (χ1n) is 9.89. The first kappa shape index (κ1) is 17.8. The summed E-state index contributed by atoms with van der Waals surface area (Å²) in [6.45, 7) is 6.41. The van der Waals surface area contributed by atoms with Gasteiger partial charge in [-0.1, -0.05) is 36.4 Å². The first-order valence-corrected chi connectivity index (χ1v) is 9.89. The molecule has 2 heterocycles. The highest BCUT2D eigenvalue weighted by Gasteiger charge is 2.30. The molecular formula is C24H27N3. The summed E-state index contributed by atoms with van der Waals surface area (Å²) in [5.41, 5.74) is 6.73. The zero-order chi connectivity index (χ0) is 18.8. The molecule has 0 amide bonds.